The van der Waals surface area contributed by atoms with Crippen molar-refractivity contribution in [2.24, 2.45) is 0 Å². The van der Waals surface area contributed by atoms with Gasteiger partial charge in [-0.15, -0.1) is 0 Å². The van der Waals surface area contributed by atoms with E-state index < -0.39 is 0 Å². The zero-order valence-corrected chi connectivity index (χ0v) is 16.7. The second-order valence-corrected chi connectivity index (χ2v) is 7.97. The number of amides is 2. The van der Waals surface area contributed by atoms with Gasteiger partial charge in [0.2, 0.25) is 0 Å². The van der Waals surface area contributed by atoms with Gasteiger partial charge in [0.25, 0.3) is 11.1 Å². The molecule has 3 aromatic rings. The first kappa shape index (κ1) is 18.6. The lowest BCUT2D eigenvalue weighted by Crippen LogP contribution is -2.27. The summed E-state index contributed by atoms with van der Waals surface area (Å²) in [5.74, 6) is -0.276. The number of nitrogens with zero attached hydrogens (tertiary/aromatic N) is 2. The van der Waals surface area contributed by atoms with E-state index in [0.717, 1.165) is 34.3 Å². The molecule has 1 fully saturated rings. The number of hydrogen-bond acceptors (Lipinski definition) is 3. The molecule has 0 N–H and O–H groups in total. The van der Waals surface area contributed by atoms with Crippen LogP contribution in [0.25, 0.3) is 11.8 Å². The summed E-state index contributed by atoms with van der Waals surface area (Å²) in [6.45, 7) is 2.27. The Morgan fingerprint density at radius 2 is 1.82 bits per heavy atom. The number of benzene rings is 2. The number of carbonyl (C=O) groups is 2. The Morgan fingerprint density at radius 3 is 2.57 bits per heavy atom. The molecule has 2 heterocycles. The lowest BCUT2D eigenvalue weighted by molar-refractivity contribution is -0.123. The quantitative estimate of drug-likeness (QED) is 0.522. The van der Waals surface area contributed by atoms with E-state index in [0.29, 0.717) is 9.93 Å². The second-order valence-electron chi connectivity index (χ2n) is 6.54. The summed E-state index contributed by atoms with van der Waals surface area (Å²) in [5.41, 5.74) is 3.87. The van der Waals surface area contributed by atoms with Crippen molar-refractivity contribution in [3.8, 4) is 5.69 Å². The van der Waals surface area contributed by atoms with Crippen LogP contribution >= 0.6 is 23.4 Å². The van der Waals surface area contributed by atoms with Gasteiger partial charge in [0, 0.05) is 22.6 Å². The number of thioether (sulfide) groups is 1. The highest BCUT2D eigenvalue weighted by molar-refractivity contribution is 8.18. The average molecular weight is 409 g/mol. The lowest BCUT2D eigenvalue weighted by atomic mass is 10.2. The van der Waals surface area contributed by atoms with Crippen molar-refractivity contribution in [3.63, 3.8) is 0 Å². The molecule has 1 aromatic heterocycles. The highest BCUT2D eigenvalue weighted by Gasteiger charge is 2.35. The Kier molecular flexibility index (Phi) is 5.11. The molecular weight excluding hydrogens is 392 g/mol. The Labute approximate surface area is 172 Å². The molecule has 4 nitrogen and oxygen atoms in total. The summed E-state index contributed by atoms with van der Waals surface area (Å²) in [7, 11) is 0. The molecule has 4 rings (SSSR count). The number of imide groups is 1. The van der Waals surface area contributed by atoms with Crippen LogP contribution < -0.4 is 0 Å². The minimum absolute atomic E-state index is 0.234. The SMILES string of the molecule is Cc1cccc(-n2cccc2/C=C2/SC(=O)N(Cc3ccc(Cl)cc3)C2=O)c1. The number of rotatable bonds is 4. The summed E-state index contributed by atoms with van der Waals surface area (Å²) in [6.07, 6.45) is 3.72. The molecular formula is C22H17ClN2O2S. The molecule has 140 valence electrons. The molecule has 0 spiro atoms. The molecule has 6 heteroatoms. The van der Waals surface area contributed by atoms with E-state index in [1.807, 2.05) is 60.2 Å². The molecule has 0 atom stereocenters. The van der Waals surface area contributed by atoms with Crippen LogP contribution in [0, 0.1) is 6.92 Å². The van der Waals surface area contributed by atoms with Crippen LogP contribution in [0.4, 0.5) is 4.79 Å². The highest BCUT2D eigenvalue weighted by Crippen LogP contribution is 2.33. The zero-order chi connectivity index (χ0) is 19.7. The van der Waals surface area contributed by atoms with Crippen LogP contribution in [0.1, 0.15) is 16.8 Å². The topological polar surface area (TPSA) is 42.3 Å². The van der Waals surface area contributed by atoms with Crippen LogP contribution in [0.2, 0.25) is 5.02 Å². The fourth-order valence-corrected chi connectivity index (χ4v) is 4.02. The van der Waals surface area contributed by atoms with Crippen molar-refractivity contribution in [2.75, 3.05) is 0 Å². The number of carbonyl (C=O) groups excluding carboxylic acids is 2. The van der Waals surface area contributed by atoms with Gasteiger partial charge in [0.15, 0.2) is 0 Å². The lowest BCUT2D eigenvalue weighted by Gasteiger charge is -2.12. The van der Waals surface area contributed by atoms with Crippen LogP contribution in [-0.4, -0.2) is 20.6 Å². The fourth-order valence-electron chi connectivity index (χ4n) is 3.07. The first-order chi connectivity index (χ1) is 13.5. The Bertz CT molecular complexity index is 1090. The van der Waals surface area contributed by atoms with Crippen molar-refractivity contribution < 1.29 is 9.59 Å². The summed E-state index contributed by atoms with van der Waals surface area (Å²) in [4.78, 5) is 26.9. The predicted octanol–water partition coefficient (Wildman–Crippen LogP) is 5.68. The van der Waals surface area contributed by atoms with Crippen molar-refractivity contribution in [3.05, 3.63) is 93.6 Å². The molecule has 28 heavy (non-hydrogen) atoms. The molecule has 0 unspecified atom stereocenters. The Hall–Kier alpha value is -2.76. The predicted molar refractivity (Wildman–Crippen MR) is 113 cm³/mol. The Morgan fingerprint density at radius 1 is 1.04 bits per heavy atom. The van der Waals surface area contributed by atoms with Crippen molar-refractivity contribution in [1.29, 1.82) is 0 Å². The maximum atomic E-state index is 12.8. The van der Waals surface area contributed by atoms with Crippen LogP contribution in [0.3, 0.4) is 0 Å². The van der Waals surface area contributed by atoms with E-state index in [9.17, 15) is 9.59 Å². The molecule has 0 saturated carbocycles. The van der Waals surface area contributed by atoms with Crippen LogP contribution in [0.5, 0.6) is 0 Å². The van der Waals surface area contributed by atoms with Gasteiger partial charge >= 0.3 is 0 Å². The van der Waals surface area contributed by atoms with Crippen molar-refractivity contribution in [2.45, 2.75) is 13.5 Å². The summed E-state index contributed by atoms with van der Waals surface area (Å²) < 4.78 is 2.00. The zero-order valence-electron chi connectivity index (χ0n) is 15.1. The number of aromatic nitrogens is 1. The minimum Gasteiger partial charge on any atom is -0.317 e. The van der Waals surface area contributed by atoms with Gasteiger partial charge in [-0.1, -0.05) is 35.9 Å². The smallest absolute Gasteiger partial charge is 0.293 e. The molecule has 1 aliphatic rings. The molecule has 2 amide bonds. The van der Waals surface area contributed by atoms with Gasteiger partial charge in [-0.25, -0.2) is 0 Å². The summed E-state index contributed by atoms with van der Waals surface area (Å²) in [5, 5.41) is 0.356. The van der Waals surface area contributed by atoms with E-state index in [2.05, 4.69) is 6.07 Å². The van der Waals surface area contributed by atoms with E-state index >= 15 is 0 Å². The number of halogens is 1. The van der Waals surface area contributed by atoms with Crippen molar-refractivity contribution >= 4 is 40.6 Å². The normalized spacial score (nSPS) is 15.6. The van der Waals surface area contributed by atoms with Gasteiger partial charge < -0.3 is 4.57 Å². The summed E-state index contributed by atoms with van der Waals surface area (Å²) in [6, 6.07) is 19.1. The van der Waals surface area contributed by atoms with E-state index in [1.165, 1.54) is 4.90 Å². The summed E-state index contributed by atoms with van der Waals surface area (Å²) >= 11 is 6.87. The first-order valence-corrected chi connectivity index (χ1v) is 9.95. The molecule has 0 aliphatic carbocycles. The Balaban J connectivity index is 1.60. The van der Waals surface area contributed by atoms with Gasteiger partial charge in [0.05, 0.1) is 11.4 Å². The van der Waals surface area contributed by atoms with Crippen molar-refractivity contribution in [1.82, 2.24) is 9.47 Å². The van der Waals surface area contributed by atoms with Crippen LogP contribution in [-0.2, 0) is 11.3 Å². The van der Waals surface area contributed by atoms with E-state index in [-0.39, 0.29) is 17.7 Å². The van der Waals surface area contributed by atoms with Crippen LogP contribution in [0.15, 0.2) is 71.8 Å². The minimum atomic E-state index is -0.276. The number of aryl methyl sites for hydroxylation is 1. The largest absolute Gasteiger partial charge is 0.317 e. The molecule has 0 bridgehead atoms. The van der Waals surface area contributed by atoms with E-state index in [4.69, 9.17) is 11.6 Å². The van der Waals surface area contributed by atoms with Gasteiger partial charge in [-0.2, -0.15) is 0 Å². The monoisotopic (exact) mass is 408 g/mol. The fraction of sp³-hybridized carbons (Fsp3) is 0.0909. The van der Waals surface area contributed by atoms with Gasteiger partial charge in [-0.3, -0.25) is 14.5 Å². The molecule has 1 saturated heterocycles. The first-order valence-electron chi connectivity index (χ1n) is 8.75. The molecule has 1 aliphatic heterocycles. The maximum absolute atomic E-state index is 12.8. The maximum Gasteiger partial charge on any atom is 0.293 e. The highest BCUT2D eigenvalue weighted by atomic mass is 35.5. The third-order valence-corrected chi connectivity index (χ3v) is 5.63. The third kappa shape index (κ3) is 3.77. The molecule has 0 radical (unpaired) electrons. The standard InChI is InChI=1S/C22H17ClN2O2S/c1-15-4-2-5-18(12-15)24-11-3-6-19(24)13-20-21(26)25(22(27)28-20)14-16-7-9-17(23)10-8-16/h2-13H,14H2,1H3/b20-13+. The molecule has 2 aromatic carbocycles. The second kappa shape index (κ2) is 7.70. The van der Waals surface area contributed by atoms with Gasteiger partial charge in [-0.05, 0) is 72.3 Å². The average Bonchev–Trinajstić information content (AvgIpc) is 3.24. The third-order valence-electron chi connectivity index (χ3n) is 4.47. The number of hydrogen-bond donors (Lipinski definition) is 0. The van der Waals surface area contributed by atoms with E-state index in [1.54, 1.807) is 18.2 Å². The van der Waals surface area contributed by atoms with Gasteiger partial charge in [0.1, 0.15) is 0 Å².